The molecular formula is C23H24Cl3FN2O3S. The molecular weight excluding hydrogens is 510 g/mol. The zero-order valence-corrected chi connectivity index (χ0v) is 21.0. The molecule has 33 heavy (non-hydrogen) atoms. The largest absolute Gasteiger partial charge is 0.371 e. The molecule has 0 aromatic heterocycles. The molecule has 2 aliphatic rings. The van der Waals surface area contributed by atoms with Gasteiger partial charge in [0, 0.05) is 23.8 Å². The molecule has 2 aromatic rings. The zero-order chi connectivity index (χ0) is 23.9. The van der Waals surface area contributed by atoms with Crippen LogP contribution in [0.25, 0.3) is 0 Å². The SMILES string of the molecule is C[C@@H]1CN(c2ccc(Cl)c(Cl)c2)CCC1Cc1cc(F)c(C(=O)NS(=O)(=O)C2CC2)cc1Cl. The van der Waals surface area contributed by atoms with E-state index in [1.54, 1.807) is 6.07 Å². The number of halogens is 4. The molecule has 10 heteroatoms. The van der Waals surface area contributed by atoms with E-state index in [1.165, 1.54) is 12.1 Å². The van der Waals surface area contributed by atoms with Crippen LogP contribution in [0.4, 0.5) is 10.1 Å². The summed E-state index contributed by atoms with van der Waals surface area (Å²) in [4.78, 5) is 14.6. The van der Waals surface area contributed by atoms with E-state index in [4.69, 9.17) is 34.8 Å². The van der Waals surface area contributed by atoms with Gasteiger partial charge in [0.1, 0.15) is 5.82 Å². The fraction of sp³-hybridized carbons (Fsp3) is 0.435. The highest BCUT2D eigenvalue weighted by Crippen LogP contribution is 2.34. The molecule has 1 saturated heterocycles. The van der Waals surface area contributed by atoms with Crippen molar-refractivity contribution < 1.29 is 17.6 Å². The normalized spacial score (nSPS) is 21.2. The third-order valence-corrected chi connectivity index (χ3v) is 9.32. The van der Waals surface area contributed by atoms with Crippen molar-refractivity contribution in [1.29, 1.82) is 0 Å². The predicted octanol–water partition coefficient (Wildman–Crippen LogP) is 5.71. The predicted molar refractivity (Wildman–Crippen MR) is 130 cm³/mol. The van der Waals surface area contributed by atoms with E-state index in [0.717, 1.165) is 25.2 Å². The molecule has 4 rings (SSSR count). The van der Waals surface area contributed by atoms with Gasteiger partial charge in [-0.2, -0.15) is 0 Å². The van der Waals surface area contributed by atoms with Crippen LogP contribution in [0.15, 0.2) is 30.3 Å². The average Bonchev–Trinajstić information content (AvgIpc) is 3.59. The Bertz CT molecular complexity index is 1190. The number of nitrogens with one attached hydrogen (secondary N) is 1. The molecule has 1 saturated carbocycles. The first-order chi connectivity index (χ1) is 15.5. The Labute approximate surface area is 208 Å². The summed E-state index contributed by atoms with van der Waals surface area (Å²) in [5.74, 6) is -1.19. The smallest absolute Gasteiger partial charge is 0.267 e. The lowest BCUT2D eigenvalue weighted by molar-refractivity contribution is 0.0977. The highest BCUT2D eigenvalue weighted by atomic mass is 35.5. The van der Waals surface area contributed by atoms with Gasteiger partial charge in [0.25, 0.3) is 5.91 Å². The number of carbonyl (C=O) groups excluding carboxylic acids is 1. The van der Waals surface area contributed by atoms with Crippen LogP contribution in [0.3, 0.4) is 0 Å². The Morgan fingerprint density at radius 3 is 2.45 bits per heavy atom. The average molecular weight is 534 g/mol. The maximum Gasteiger partial charge on any atom is 0.267 e. The van der Waals surface area contributed by atoms with Crippen molar-refractivity contribution in [3.8, 4) is 0 Å². The van der Waals surface area contributed by atoms with E-state index in [9.17, 15) is 17.6 Å². The van der Waals surface area contributed by atoms with Crippen LogP contribution in [0.5, 0.6) is 0 Å². The first kappa shape index (κ1) is 24.6. The number of nitrogens with zero attached hydrogens (tertiary/aromatic N) is 1. The van der Waals surface area contributed by atoms with Gasteiger partial charge < -0.3 is 4.90 Å². The summed E-state index contributed by atoms with van der Waals surface area (Å²) < 4.78 is 40.7. The number of benzene rings is 2. The van der Waals surface area contributed by atoms with E-state index in [2.05, 4.69) is 11.8 Å². The zero-order valence-electron chi connectivity index (χ0n) is 18.0. The van der Waals surface area contributed by atoms with E-state index >= 15 is 0 Å². The fourth-order valence-electron chi connectivity index (χ4n) is 4.26. The summed E-state index contributed by atoms with van der Waals surface area (Å²) >= 11 is 18.6. The van der Waals surface area contributed by atoms with Gasteiger partial charge in [0.05, 0.1) is 20.9 Å². The van der Waals surface area contributed by atoms with Crippen LogP contribution in [0, 0.1) is 17.7 Å². The monoisotopic (exact) mass is 532 g/mol. The second kappa shape index (κ2) is 9.61. The third-order valence-electron chi connectivity index (χ3n) is 6.41. The van der Waals surface area contributed by atoms with Crippen molar-refractivity contribution in [3.63, 3.8) is 0 Å². The van der Waals surface area contributed by atoms with Crippen molar-refractivity contribution in [1.82, 2.24) is 4.72 Å². The minimum Gasteiger partial charge on any atom is -0.371 e. The van der Waals surface area contributed by atoms with Gasteiger partial charge in [0.15, 0.2) is 0 Å². The number of carbonyl (C=O) groups is 1. The molecule has 0 spiro atoms. The van der Waals surface area contributed by atoms with E-state index in [0.29, 0.717) is 40.8 Å². The molecule has 178 valence electrons. The molecule has 1 heterocycles. The lowest BCUT2D eigenvalue weighted by atomic mass is 9.82. The number of piperidine rings is 1. The number of hydrogen-bond acceptors (Lipinski definition) is 4. The fourth-order valence-corrected chi connectivity index (χ4v) is 6.09. The summed E-state index contributed by atoms with van der Waals surface area (Å²) in [5, 5.41) is 0.711. The molecule has 1 unspecified atom stereocenters. The van der Waals surface area contributed by atoms with Crippen molar-refractivity contribution >= 4 is 56.4 Å². The molecule has 1 N–H and O–H groups in total. The van der Waals surface area contributed by atoms with Crippen molar-refractivity contribution in [2.24, 2.45) is 11.8 Å². The summed E-state index contributed by atoms with van der Waals surface area (Å²) in [6.07, 6.45) is 2.45. The number of amides is 1. The van der Waals surface area contributed by atoms with Crippen LogP contribution in [-0.2, 0) is 16.4 Å². The van der Waals surface area contributed by atoms with Crippen LogP contribution in [-0.4, -0.2) is 32.7 Å². The van der Waals surface area contributed by atoms with E-state index in [-0.39, 0.29) is 16.5 Å². The summed E-state index contributed by atoms with van der Waals surface area (Å²) in [6.45, 7) is 3.76. The Balaban J connectivity index is 1.43. The molecule has 1 aliphatic heterocycles. The van der Waals surface area contributed by atoms with E-state index in [1.807, 2.05) is 16.9 Å². The Morgan fingerprint density at radius 2 is 1.82 bits per heavy atom. The standard InChI is InChI=1S/C23H24Cl3FN2O3S/c1-13-12-29(16-2-5-19(24)21(26)10-16)7-6-14(13)8-15-9-22(27)18(11-20(15)25)23(30)28-33(31,32)17-3-4-17/h2,5,9-11,13-14,17H,3-4,6-8,12H2,1H3,(H,28,30)/t13-,14?/m1/s1. The minimum atomic E-state index is -3.77. The maximum atomic E-state index is 14.7. The summed E-state index contributed by atoms with van der Waals surface area (Å²) in [6, 6.07) is 8.06. The summed E-state index contributed by atoms with van der Waals surface area (Å²) in [7, 11) is -3.77. The van der Waals surface area contributed by atoms with E-state index < -0.39 is 27.0 Å². The molecule has 1 amide bonds. The first-order valence-electron chi connectivity index (χ1n) is 10.8. The summed E-state index contributed by atoms with van der Waals surface area (Å²) in [5.41, 5.74) is 1.25. The van der Waals surface area contributed by atoms with Crippen LogP contribution in [0.1, 0.15) is 42.1 Å². The van der Waals surface area contributed by atoms with Gasteiger partial charge in [-0.05, 0) is 73.4 Å². The second-order valence-electron chi connectivity index (χ2n) is 8.87. The lowest BCUT2D eigenvalue weighted by Gasteiger charge is -2.38. The van der Waals surface area contributed by atoms with Crippen LogP contribution < -0.4 is 9.62 Å². The number of sulfonamides is 1. The van der Waals surface area contributed by atoms with Gasteiger partial charge in [-0.1, -0.05) is 41.7 Å². The molecule has 2 aromatic carbocycles. The molecule has 2 atom stereocenters. The number of rotatable bonds is 6. The number of hydrogen-bond donors (Lipinski definition) is 1. The number of anilines is 1. The molecule has 1 aliphatic carbocycles. The molecule has 5 nitrogen and oxygen atoms in total. The second-order valence-corrected chi connectivity index (χ2v) is 12.1. The molecule has 0 radical (unpaired) electrons. The quantitative estimate of drug-likeness (QED) is 0.516. The third kappa shape index (κ3) is 5.59. The van der Waals surface area contributed by atoms with Crippen molar-refractivity contribution in [2.45, 2.75) is 37.9 Å². The van der Waals surface area contributed by atoms with Gasteiger partial charge in [-0.3, -0.25) is 4.79 Å². The first-order valence-corrected chi connectivity index (χ1v) is 13.5. The van der Waals surface area contributed by atoms with Crippen LogP contribution >= 0.6 is 34.8 Å². The lowest BCUT2D eigenvalue weighted by Crippen LogP contribution is -2.40. The maximum absolute atomic E-state index is 14.7. The van der Waals surface area contributed by atoms with Gasteiger partial charge in [-0.25, -0.2) is 17.5 Å². The van der Waals surface area contributed by atoms with Gasteiger partial charge >= 0.3 is 0 Å². The van der Waals surface area contributed by atoms with Gasteiger partial charge in [0.2, 0.25) is 10.0 Å². The Hall–Kier alpha value is -1.54. The van der Waals surface area contributed by atoms with Crippen LogP contribution in [0.2, 0.25) is 15.1 Å². The topological polar surface area (TPSA) is 66.5 Å². The molecule has 2 fully saturated rings. The van der Waals surface area contributed by atoms with Crippen molar-refractivity contribution in [2.75, 3.05) is 18.0 Å². The highest BCUT2D eigenvalue weighted by Gasteiger charge is 2.37. The molecule has 0 bridgehead atoms. The van der Waals surface area contributed by atoms with Gasteiger partial charge in [-0.15, -0.1) is 0 Å². The minimum absolute atomic E-state index is 0.254. The Morgan fingerprint density at radius 1 is 1.09 bits per heavy atom. The Kier molecular flexibility index (Phi) is 7.16. The highest BCUT2D eigenvalue weighted by molar-refractivity contribution is 7.91. The van der Waals surface area contributed by atoms with Crippen molar-refractivity contribution in [3.05, 3.63) is 62.3 Å².